The van der Waals surface area contributed by atoms with Gasteiger partial charge in [-0.1, -0.05) is 54.6 Å². The first kappa shape index (κ1) is 26.9. The average Bonchev–Trinajstić information content (AvgIpc) is 3.31. The van der Waals surface area contributed by atoms with Gasteiger partial charge in [0.2, 0.25) is 0 Å². The lowest BCUT2D eigenvalue weighted by molar-refractivity contribution is -0.138. The molecule has 1 N–H and O–H groups in total. The number of fused-ring (bicyclic) bond motifs is 1. The summed E-state index contributed by atoms with van der Waals surface area (Å²) in [7, 11) is 7.67. The van der Waals surface area contributed by atoms with Crippen LogP contribution in [0.3, 0.4) is 0 Å². The Morgan fingerprint density at radius 2 is 1.69 bits per heavy atom. The third kappa shape index (κ3) is 7.16. The summed E-state index contributed by atoms with van der Waals surface area (Å²) in [5, 5.41) is 15.3. The Morgan fingerprint density at radius 1 is 1.00 bits per heavy atom. The van der Waals surface area contributed by atoms with Crippen molar-refractivity contribution in [3.63, 3.8) is 0 Å². The molecule has 4 aromatic rings. The SMILES string of the molecule is CN(C)CCO[C@H](c1ccccc1)c1ccnn1C.COc1ccc2cc([C@H](C)C(=O)O)ccc2c1. The van der Waals surface area contributed by atoms with Crippen LogP contribution in [0.25, 0.3) is 10.8 Å². The maximum atomic E-state index is 10.9. The fraction of sp³-hybridized carbons (Fsp3) is 0.310. The number of hydrogen-bond acceptors (Lipinski definition) is 5. The van der Waals surface area contributed by atoms with Crippen molar-refractivity contribution in [2.24, 2.45) is 7.05 Å². The second kappa shape index (κ2) is 12.9. The Kier molecular flexibility index (Phi) is 9.61. The highest BCUT2D eigenvalue weighted by molar-refractivity contribution is 5.86. The molecule has 0 aliphatic rings. The molecule has 4 rings (SSSR count). The Hall–Kier alpha value is -3.68. The second-order valence-corrected chi connectivity index (χ2v) is 8.88. The van der Waals surface area contributed by atoms with Crippen molar-refractivity contribution in [1.29, 1.82) is 0 Å². The first-order valence-corrected chi connectivity index (χ1v) is 11.9. The molecule has 1 heterocycles. The van der Waals surface area contributed by atoms with Crippen molar-refractivity contribution in [2.45, 2.75) is 18.9 Å². The molecule has 0 spiro atoms. The number of carboxylic acid groups (broad SMARTS) is 1. The van der Waals surface area contributed by atoms with E-state index in [1.807, 2.05) is 86.5 Å². The summed E-state index contributed by atoms with van der Waals surface area (Å²) >= 11 is 0. The molecule has 0 amide bonds. The monoisotopic (exact) mass is 489 g/mol. The van der Waals surface area contributed by atoms with Crippen LogP contribution < -0.4 is 4.74 Å². The summed E-state index contributed by atoms with van der Waals surface area (Å²) in [6.07, 6.45) is 1.74. The summed E-state index contributed by atoms with van der Waals surface area (Å²) in [5.41, 5.74) is 3.05. The van der Waals surface area contributed by atoms with E-state index in [0.717, 1.165) is 39.9 Å². The number of likely N-dealkylation sites (N-methyl/N-ethyl adjacent to an activating group) is 1. The molecule has 0 saturated carbocycles. The topological polar surface area (TPSA) is 76.8 Å². The number of ether oxygens (including phenoxy) is 2. The minimum absolute atomic E-state index is 0.0614. The maximum absolute atomic E-state index is 10.9. The van der Waals surface area contributed by atoms with E-state index in [1.54, 1.807) is 20.2 Å². The Morgan fingerprint density at radius 3 is 2.31 bits per heavy atom. The summed E-state index contributed by atoms with van der Waals surface area (Å²) in [5.74, 6) is -0.490. The molecule has 0 saturated heterocycles. The molecule has 0 bridgehead atoms. The maximum Gasteiger partial charge on any atom is 0.310 e. The molecular formula is C29H35N3O4. The fourth-order valence-electron chi connectivity index (χ4n) is 3.76. The number of aromatic nitrogens is 2. The molecule has 7 heteroatoms. The van der Waals surface area contributed by atoms with E-state index in [1.165, 1.54) is 0 Å². The van der Waals surface area contributed by atoms with Gasteiger partial charge in [0.25, 0.3) is 0 Å². The third-order valence-corrected chi connectivity index (χ3v) is 5.99. The quantitative estimate of drug-likeness (QED) is 0.352. The van der Waals surface area contributed by atoms with Gasteiger partial charge in [-0.25, -0.2) is 0 Å². The van der Waals surface area contributed by atoms with Gasteiger partial charge in [-0.2, -0.15) is 5.10 Å². The molecule has 0 aliphatic carbocycles. The molecule has 0 aliphatic heterocycles. The predicted octanol–water partition coefficient (Wildman–Crippen LogP) is 5.12. The van der Waals surface area contributed by atoms with E-state index < -0.39 is 11.9 Å². The third-order valence-electron chi connectivity index (χ3n) is 5.99. The normalized spacial score (nSPS) is 12.6. The van der Waals surface area contributed by atoms with E-state index >= 15 is 0 Å². The highest BCUT2D eigenvalue weighted by Crippen LogP contribution is 2.26. The van der Waals surface area contributed by atoms with Gasteiger partial charge in [0.05, 0.1) is 25.3 Å². The molecule has 2 atom stereocenters. The van der Waals surface area contributed by atoms with Gasteiger partial charge in [0.15, 0.2) is 0 Å². The summed E-state index contributed by atoms with van der Waals surface area (Å²) in [6, 6.07) is 23.7. The van der Waals surface area contributed by atoms with Crippen LogP contribution in [0.2, 0.25) is 0 Å². The van der Waals surface area contributed by atoms with Crippen LogP contribution in [0.15, 0.2) is 79.0 Å². The van der Waals surface area contributed by atoms with Gasteiger partial charge in [-0.3, -0.25) is 9.48 Å². The number of carbonyl (C=O) groups is 1. The van der Waals surface area contributed by atoms with Gasteiger partial charge >= 0.3 is 5.97 Å². The standard InChI is InChI=1S/C15H21N3O.C14H14O3/c1-17(2)11-12-19-15(13-7-5-4-6-8-13)14-9-10-16-18(14)3;1-9(14(15)16)10-3-4-12-8-13(17-2)6-5-11(12)7-10/h4-10,15H,11-12H2,1-3H3;3-9H,1-2H3,(H,15,16)/t15-;9-/m10/s1. The van der Waals surface area contributed by atoms with E-state index in [-0.39, 0.29) is 6.10 Å². The predicted molar refractivity (Wildman–Crippen MR) is 143 cm³/mol. The summed E-state index contributed by atoms with van der Waals surface area (Å²) < 4.78 is 13.1. The summed E-state index contributed by atoms with van der Waals surface area (Å²) in [6.45, 7) is 3.28. The average molecular weight is 490 g/mol. The Balaban J connectivity index is 0.000000202. The van der Waals surface area contributed by atoms with Crippen molar-refractivity contribution in [3.8, 4) is 5.75 Å². The van der Waals surface area contributed by atoms with Crippen molar-refractivity contribution in [3.05, 3.63) is 95.8 Å². The van der Waals surface area contributed by atoms with Crippen molar-refractivity contribution < 1.29 is 19.4 Å². The van der Waals surface area contributed by atoms with Gasteiger partial charge < -0.3 is 19.5 Å². The number of methoxy groups -OCH3 is 1. The van der Waals surface area contributed by atoms with Gasteiger partial charge in [-0.05, 0) is 61.1 Å². The van der Waals surface area contributed by atoms with Crippen LogP contribution in [-0.4, -0.2) is 60.1 Å². The smallest absolute Gasteiger partial charge is 0.310 e. The number of rotatable bonds is 9. The zero-order valence-corrected chi connectivity index (χ0v) is 21.6. The molecule has 190 valence electrons. The molecule has 36 heavy (non-hydrogen) atoms. The lowest BCUT2D eigenvalue weighted by atomic mass is 9.98. The van der Waals surface area contributed by atoms with Crippen molar-refractivity contribution >= 4 is 16.7 Å². The van der Waals surface area contributed by atoms with Crippen LogP contribution >= 0.6 is 0 Å². The molecule has 3 aromatic carbocycles. The first-order valence-electron chi connectivity index (χ1n) is 11.9. The minimum atomic E-state index is -0.808. The largest absolute Gasteiger partial charge is 0.497 e. The van der Waals surface area contributed by atoms with Crippen LogP contribution in [-0.2, 0) is 16.6 Å². The van der Waals surface area contributed by atoms with Gasteiger partial charge in [-0.15, -0.1) is 0 Å². The Bertz CT molecular complexity index is 1250. The van der Waals surface area contributed by atoms with Crippen molar-refractivity contribution in [2.75, 3.05) is 34.4 Å². The summed E-state index contributed by atoms with van der Waals surface area (Å²) in [4.78, 5) is 13.0. The second-order valence-electron chi connectivity index (χ2n) is 8.88. The zero-order valence-electron chi connectivity index (χ0n) is 21.6. The number of carboxylic acids is 1. The molecule has 7 nitrogen and oxygen atoms in total. The van der Waals surface area contributed by atoms with Crippen LogP contribution in [0.4, 0.5) is 0 Å². The number of nitrogens with zero attached hydrogens (tertiary/aromatic N) is 3. The number of aryl methyl sites for hydroxylation is 1. The zero-order chi connectivity index (χ0) is 26.1. The van der Waals surface area contributed by atoms with Crippen LogP contribution in [0, 0.1) is 0 Å². The van der Waals surface area contributed by atoms with Gasteiger partial charge in [0, 0.05) is 19.8 Å². The number of benzene rings is 3. The molecule has 0 fully saturated rings. The number of aliphatic carboxylic acids is 1. The van der Waals surface area contributed by atoms with Gasteiger partial charge in [0.1, 0.15) is 11.9 Å². The fourth-order valence-corrected chi connectivity index (χ4v) is 3.76. The highest BCUT2D eigenvalue weighted by Gasteiger charge is 2.18. The van der Waals surface area contributed by atoms with Crippen LogP contribution in [0.1, 0.15) is 35.8 Å². The van der Waals surface area contributed by atoms with Crippen LogP contribution in [0.5, 0.6) is 5.75 Å². The first-order chi connectivity index (χ1) is 17.3. The van der Waals surface area contributed by atoms with E-state index in [2.05, 4.69) is 22.1 Å². The molecule has 1 aromatic heterocycles. The van der Waals surface area contributed by atoms with Crippen molar-refractivity contribution in [1.82, 2.24) is 14.7 Å². The lowest BCUT2D eigenvalue weighted by Crippen LogP contribution is -2.20. The molecule has 0 radical (unpaired) electrons. The Labute approximate surface area is 212 Å². The molecule has 0 unspecified atom stereocenters. The van der Waals surface area contributed by atoms with E-state index in [9.17, 15) is 4.79 Å². The number of hydrogen-bond donors (Lipinski definition) is 1. The van der Waals surface area contributed by atoms with E-state index in [0.29, 0.717) is 6.61 Å². The lowest BCUT2D eigenvalue weighted by Gasteiger charge is -2.20. The highest BCUT2D eigenvalue weighted by atomic mass is 16.5. The minimum Gasteiger partial charge on any atom is -0.497 e. The molecular weight excluding hydrogens is 454 g/mol. The van der Waals surface area contributed by atoms with E-state index in [4.69, 9.17) is 14.6 Å².